The molecular formula is C12H12F2N4OS. The molecule has 2 rings (SSSR count). The standard InChI is InChI=1S/C12H12F2N4OS/c1-6(20-12-15-7(2)17-18-12)11(19)16-10-5-8(13)3-4-9(10)14/h3-6H,1-2H3,(H,16,19)(H,15,17,18). The van der Waals surface area contributed by atoms with E-state index in [4.69, 9.17) is 0 Å². The number of nitrogens with one attached hydrogen (secondary N) is 2. The summed E-state index contributed by atoms with van der Waals surface area (Å²) in [4.78, 5) is 16.0. The summed E-state index contributed by atoms with van der Waals surface area (Å²) in [5, 5.41) is 8.76. The number of anilines is 1. The van der Waals surface area contributed by atoms with Crippen molar-refractivity contribution in [1.82, 2.24) is 15.2 Å². The van der Waals surface area contributed by atoms with Gasteiger partial charge in [-0.05, 0) is 26.0 Å². The van der Waals surface area contributed by atoms with Gasteiger partial charge in [0.2, 0.25) is 11.1 Å². The van der Waals surface area contributed by atoms with Gasteiger partial charge in [-0.15, -0.1) is 5.10 Å². The van der Waals surface area contributed by atoms with Crippen LogP contribution in [0.3, 0.4) is 0 Å². The molecule has 0 fully saturated rings. The first-order valence-electron chi connectivity index (χ1n) is 5.77. The number of benzene rings is 1. The number of rotatable bonds is 4. The number of amides is 1. The van der Waals surface area contributed by atoms with Crippen molar-refractivity contribution in [2.45, 2.75) is 24.3 Å². The molecule has 2 aromatic rings. The van der Waals surface area contributed by atoms with Crippen LogP contribution in [0, 0.1) is 18.6 Å². The summed E-state index contributed by atoms with van der Waals surface area (Å²) in [6.45, 7) is 3.37. The van der Waals surface area contributed by atoms with E-state index in [1.165, 1.54) is 0 Å². The monoisotopic (exact) mass is 298 g/mol. The number of aryl methyl sites for hydroxylation is 1. The molecule has 1 unspecified atom stereocenters. The van der Waals surface area contributed by atoms with Crippen molar-refractivity contribution in [2.24, 2.45) is 0 Å². The van der Waals surface area contributed by atoms with Crippen molar-refractivity contribution in [3.05, 3.63) is 35.7 Å². The summed E-state index contributed by atoms with van der Waals surface area (Å²) >= 11 is 1.12. The quantitative estimate of drug-likeness (QED) is 0.851. The van der Waals surface area contributed by atoms with Crippen molar-refractivity contribution >= 4 is 23.4 Å². The van der Waals surface area contributed by atoms with Crippen molar-refractivity contribution < 1.29 is 13.6 Å². The lowest BCUT2D eigenvalue weighted by Gasteiger charge is -2.10. The molecule has 20 heavy (non-hydrogen) atoms. The predicted molar refractivity (Wildman–Crippen MR) is 71.4 cm³/mol. The normalized spacial score (nSPS) is 12.2. The molecule has 0 aliphatic heterocycles. The first-order chi connectivity index (χ1) is 9.45. The Kier molecular flexibility index (Phi) is 4.33. The van der Waals surface area contributed by atoms with Crippen LogP contribution >= 0.6 is 11.8 Å². The average Bonchev–Trinajstić information content (AvgIpc) is 2.79. The molecule has 1 heterocycles. The summed E-state index contributed by atoms with van der Waals surface area (Å²) in [5.41, 5.74) is -0.186. The van der Waals surface area contributed by atoms with Crippen LogP contribution in [-0.2, 0) is 4.79 Å². The highest BCUT2D eigenvalue weighted by molar-refractivity contribution is 8.00. The van der Waals surface area contributed by atoms with Crippen molar-refractivity contribution in [3.63, 3.8) is 0 Å². The highest BCUT2D eigenvalue weighted by atomic mass is 32.2. The summed E-state index contributed by atoms with van der Waals surface area (Å²) in [6, 6.07) is 2.88. The minimum absolute atomic E-state index is 0.186. The number of hydrogen-bond acceptors (Lipinski definition) is 4. The van der Waals surface area contributed by atoms with Gasteiger partial charge in [-0.2, -0.15) is 0 Å². The SMILES string of the molecule is Cc1nc(SC(C)C(=O)Nc2cc(F)ccc2F)n[nH]1. The lowest BCUT2D eigenvalue weighted by molar-refractivity contribution is -0.115. The number of hydrogen-bond donors (Lipinski definition) is 2. The number of carbonyl (C=O) groups excluding carboxylic acids is 1. The second-order valence-electron chi connectivity index (χ2n) is 4.08. The van der Waals surface area contributed by atoms with Crippen LogP contribution in [0.25, 0.3) is 0 Å². The van der Waals surface area contributed by atoms with E-state index in [2.05, 4.69) is 20.5 Å². The van der Waals surface area contributed by atoms with Crippen molar-refractivity contribution in [3.8, 4) is 0 Å². The second kappa shape index (κ2) is 6.00. The molecule has 106 valence electrons. The third-order valence-electron chi connectivity index (χ3n) is 2.41. The van der Waals surface area contributed by atoms with Crippen LogP contribution in [-0.4, -0.2) is 26.3 Å². The Hall–Kier alpha value is -1.96. The Morgan fingerprint density at radius 1 is 1.45 bits per heavy atom. The molecule has 0 aliphatic rings. The van der Waals surface area contributed by atoms with Crippen molar-refractivity contribution in [2.75, 3.05) is 5.32 Å². The highest BCUT2D eigenvalue weighted by Crippen LogP contribution is 2.21. The molecule has 0 saturated carbocycles. The lowest BCUT2D eigenvalue weighted by atomic mass is 10.3. The molecule has 5 nitrogen and oxygen atoms in total. The van der Waals surface area contributed by atoms with E-state index in [0.717, 1.165) is 30.0 Å². The first kappa shape index (κ1) is 14.4. The maximum atomic E-state index is 13.4. The Labute approximate surface area is 118 Å². The molecule has 2 N–H and O–H groups in total. The molecule has 1 aromatic carbocycles. The summed E-state index contributed by atoms with van der Waals surface area (Å²) < 4.78 is 26.4. The summed E-state index contributed by atoms with van der Waals surface area (Å²) in [5.74, 6) is -1.13. The number of aromatic amines is 1. The van der Waals surface area contributed by atoms with Crippen molar-refractivity contribution in [1.29, 1.82) is 0 Å². The molecule has 1 amide bonds. The van der Waals surface area contributed by atoms with E-state index in [-0.39, 0.29) is 5.69 Å². The van der Waals surface area contributed by atoms with Crippen LogP contribution in [0.1, 0.15) is 12.7 Å². The first-order valence-corrected chi connectivity index (χ1v) is 6.65. The Balaban J connectivity index is 2.02. The van der Waals surface area contributed by atoms with Gasteiger partial charge in [-0.3, -0.25) is 9.89 Å². The van der Waals surface area contributed by atoms with Gasteiger partial charge in [-0.1, -0.05) is 11.8 Å². The average molecular weight is 298 g/mol. The minimum Gasteiger partial charge on any atom is -0.323 e. The summed E-state index contributed by atoms with van der Waals surface area (Å²) in [6.07, 6.45) is 0. The van der Waals surface area contributed by atoms with Crippen LogP contribution < -0.4 is 5.32 Å². The van der Waals surface area contributed by atoms with Gasteiger partial charge < -0.3 is 5.32 Å². The number of thioether (sulfide) groups is 1. The van der Waals surface area contributed by atoms with Gasteiger partial charge in [-0.25, -0.2) is 13.8 Å². The fourth-order valence-corrected chi connectivity index (χ4v) is 2.18. The second-order valence-corrected chi connectivity index (χ2v) is 5.38. The van der Waals surface area contributed by atoms with Crippen LogP contribution in [0.4, 0.5) is 14.5 Å². The van der Waals surface area contributed by atoms with Gasteiger partial charge in [0.05, 0.1) is 10.9 Å². The molecule has 1 aromatic heterocycles. The zero-order valence-corrected chi connectivity index (χ0v) is 11.6. The Morgan fingerprint density at radius 2 is 2.20 bits per heavy atom. The predicted octanol–water partition coefficient (Wildman–Crippen LogP) is 2.51. The largest absolute Gasteiger partial charge is 0.323 e. The molecule has 0 radical (unpaired) electrons. The molecule has 0 bridgehead atoms. The minimum atomic E-state index is -0.689. The van der Waals surface area contributed by atoms with Gasteiger partial charge >= 0.3 is 0 Å². The number of halogens is 2. The molecular weight excluding hydrogens is 286 g/mol. The molecule has 0 aliphatic carbocycles. The number of aromatic nitrogens is 3. The van der Waals surface area contributed by atoms with Crippen LogP contribution in [0.5, 0.6) is 0 Å². The molecule has 1 atom stereocenters. The van der Waals surface area contributed by atoms with E-state index in [0.29, 0.717) is 11.0 Å². The smallest absolute Gasteiger partial charge is 0.237 e. The van der Waals surface area contributed by atoms with Gasteiger partial charge in [0.15, 0.2) is 0 Å². The molecule has 0 spiro atoms. The van der Waals surface area contributed by atoms with Gasteiger partial charge in [0.25, 0.3) is 0 Å². The topological polar surface area (TPSA) is 70.7 Å². The maximum Gasteiger partial charge on any atom is 0.237 e. The third-order valence-corrected chi connectivity index (χ3v) is 3.38. The number of H-pyrrole nitrogens is 1. The van der Waals surface area contributed by atoms with E-state index in [9.17, 15) is 13.6 Å². The fourth-order valence-electron chi connectivity index (χ4n) is 1.41. The zero-order valence-electron chi connectivity index (χ0n) is 10.8. The van der Waals surface area contributed by atoms with Gasteiger partial charge in [0.1, 0.15) is 17.5 Å². The lowest BCUT2D eigenvalue weighted by Crippen LogP contribution is -2.23. The van der Waals surface area contributed by atoms with E-state index in [1.807, 2.05) is 0 Å². The van der Waals surface area contributed by atoms with Crippen LogP contribution in [0.15, 0.2) is 23.4 Å². The van der Waals surface area contributed by atoms with E-state index >= 15 is 0 Å². The summed E-state index contributed by atoms with van der Waals surface area (Å²) in [7, 11) is 0. The molecule has 8 heteroatoms. The number of carbonyl (C=O) groups is 1. The van der Waals surface area contributed by atoms with E-state index < -0.39 is 22.8 Å². The zero-order chi connectivity index (χ0) is 14.7. The Bertz CT molecular complexity index is 632. The number of nitrogens with zero attached hydrogens (tertiary/aromatic N) is 2. The maximum absolute atomic E-state index is 13.4. The third kappa shape index (κ3) is 3.53. The highest BCUT2D eigenvalue weighted by Gasteiger charge is 2.18. The van der Waals surface area contributed by atoms with E-state index in [1.54, 1.807) is 13.8 Å². The Morgan fingerprint density at radius 3 is 2.85 bits per heavy atom. The van der Waals surface area contributed by atoms with Crippen LogP contribution in [0.2, 0.25) is 0 Å². The molecule has 0 saturated heterocycles. The fraction of sp³-hybridized carbons (Fsp3) is 0.250. The van der Waals surface area contributed by atoms with Gasteiger partial charge in [0, 0.05) is 6.07 Å².